The van der Waals surface area contributed by atoms with Gasteiger partial charge in [0.1, 0.15) is 6.54 Å². The summed E-state index contributed by atoms with van der Waals surface area (Å²) in [5.74, 6) is -0.730. The summed E-state index contributed by atoms with van der Waals surface area (Å²) in [4.78, 5) is 12.5. The molecule has 18 heavy (non-hydrogen) atoms. The SMILES string of the molecule is CCN(CC(F)(F)F)C(=O)c1cccc(C#N)c1. The summed E-state index contributed by atoms with van der Waals surface area (Å²) in [6.07, 6.45) is -4.43. The Kier molecular flexibility index (Phi) is 4.32. The maximum absolute atomic E-state index is 12.3. The van der Waals surface area contributed by atoms with Crippen LogP contribution < -0.4 is 0 Å². The topological polar surface area (TPSA) is 44.1 Å². The van der Waals surface area contributed by atoms with Gasteiger partial charge in [0.2, 0.25) is 0 Å². The number of hydrogen-bond donors (Lipinski definition) is 0. The summed E-state index contributed by atoms with van der Waals surface area (Å²) >= 11 is 0. The van der Waals surface area contributed by atoms with Crippen molar-refractivity contribution in [2.24, 2.45) is 0 Å². The molecule has 3 nitrogen and oxygen atoms in total. The summed E-state index contributed by atoms with van der Waals surface area (Å²) in [7, 11) is 0. The smallest absolute Gasteiger partial charge is 0.330 e. The molecular weight excluding hydrogens is 245 g/mol. The number of halogens is 3. The zero-order chi connectivity index (χ0) is 13.8. The van der Waals surface area contributed by atoms with E-state index in [0.717, 1.165) is 0 Å². The summed E-state index contributed by atoms with van der Waals surface area (Å²) in [6, 6.07) is 7.45. The van der Waals surface area contributed by atoms with Gasteiger partial charge in [-0.15, -0.1) is 0 Å². The van der Waals surface area contributed by atoms with Gasteiger partial charge in [-0.25, -0.2) is 0 Å². The van der Waals surface area contributed by atoms with Crippen LogP contribution in [0.4, 0.5) is 13.2 Å². The van der Waals surface area contributed by atoms with Gasteiger partial charge in [-0.05, 0) is 25.1 Å². The number of alkyl halides is 3. The number of amides is 1. The van der Waals surface area contributed by atoms with Crippen molar-refractivity contribution in [1.29, 1.82) is 5.26 Å². The molecule has 0 aliphatic carbocycles. The monoisotopic (exact) mass is 256 g/mol. The molecule has 0 N–H and O–H groups in total. The highest BCUT2D eigenvalue weighted by molar-refractivity contribution is 5.94. The van der Waals surface area contributed by atoms with Crippen LogP contribution in [0.3, 0.4) is 0 Å². The fourth-order valence-electron chi connectivity index (χ4n) is 1.45. The molecule has 0 saturated heterocycles. The Morgan fingerprint density at radius 2 is 2.11 bits per heavy atom. The lowest BCUT2D eigenvalue weighted by atomic mass is 10.1. The molecule has 6 heteroatoms. The lowest BCUT2D eigenvalue weighted by Gasteiger charge is -2.22. The highest BCUT2D eigenvalue weighted by Crippen LogP contribution is 2.18. The number of benzene rings is 1. The van der Waals surface area contributed by atoms with Crippen LogP contribution in [0.15, 0.2) is 24.3 Å². The molecule has 0 spiro atoms. The summed E-state index contributed by atoms with van der Waals surface area (Å²) < 4.78 is 36.8. The third kappa shape index (κ3) is 3.77. The molecule has 1 amide bonds. The Labute approximate surface area is 102 Å². The molecule has 0 heterocycles. The highest BCUT2D eigenvalue weighted by atomic mass is 19.4. The lowest BCUT2D eigenvalue weighted by Crippen LogP contribution is -2.38. The maximum Gasteiger partial charge on any atom is 0.406 e. The van der Waals surface area contributed by atoms with Gasteiger partial charge in [-0.1, -0.05) is 6.07 Å². The Balaban J connectivity index is 2.93. The first kappa shape index (κ1) is 14.0. The van der Waals surface area contributed by atoms with Gasteiger partial charge in [0.25, 0.3) is 5.91 Å². The second-order valence-electron chi connectivity index (χ2n) is 3.63. The first-order chi connectivity index (χ1) is 8.37. The van der Waals surface area contributed by atoms with E-state index < -0.39 is 18.6 Å². The fourth-order valence-corrected chi connectivity index (χ4v) is 1.45. The third-order valence-electron chi connectivity index (χ3n) is 2.28. The van der Waals surface area contributed by atoms with E-state index in [2.05, 4.69) is 0 Å². The predicted molar refractivity (Wildman–Crippen MR) is 58.8 cm³/mol. The minimum Gasteiger partial charge on any atom is -0.330 e. The van der Waals surface area contributed by atoms with Gasteiger partial charge in [0, 0.05) is 12.1 Å². The number of nitrogens with zero attached hydrogens (tertiary/aromatic N) is 2. The van der Waals surface area contributed by atoms with Gasteiger partial charge in [0.15, 0.2) is 0 Å². The zero-order valence-corrected chi connectivity index (χ0v) is 9.66. The molecule has 0 radical (unpaired) electrons. The van der Waals surface area contributed by atoms with Crippen LogP contribution in [0.1, 0.15) is 22.8 Å². The first-order valence-corrected chi connectivity index (χ1v) is 5.23. The molecule has 1 aromatic rings. The molecule has 1 aromatic carbocycles. The van der Waals surface area contributed by atoms with E-state index in [4.69, 9.17) is 5.26 Å². The number of hydrogen-bond acceptors (Lipinski definition) is 2. The molecule has 0 aliphatic heterocycles. The van der Waals surface area contributed by atoms with E-state index in [1.54, 1.807) is 0 Å². The van der Waals surface area contributed by atoms with Crippen molar-refractivity contribution in [1.82, 2.24) is 4.90 Å². The largest absolute Gasteiger partial charge is 0.406 e. The predicted octanol–water partition coefficient (Wildman–Crippen LogP) is 2.58. The molecular formula is C12H11F3N2O. The molecule has 0 atom stereocenters. The van der Waals surface area contributed by atoms with Crippen molar-refractivity contribution in [2.45, 2.75) is 13.1 Å². The van der Waals surface area contributed by atoms with Gasteiger partial charge < -0.3 is 4.90 Å². The number of carbonyl (C=O) groups excluding carboxylic acids is 1. The van der Waals surface area contributed by atoms with E-state index in [1.807, 2.05) is 6.07 Å². The zero-order valence-electron chi connectivity index (χ0n) is 9.66. The van der Waals surface area contributed by atoms with Gasteiger partial charge in [-0.3, -0.25) is 4.79 Å². The van der Waals surface area contributed by atoms with Crippen molar-refractivity contribution >= 4 is 5.91 Å². The van der Waals surface area contributed by atoms with E-state index in [1.165, 1.54) is 31.2 Å². The van der Waals surface area contributed by atoms with Crippen LogP contribution in [-0.2, 0) is 0 Å². The Morgan fingerprint density at radius 3 is 2.61 bits per heavy atom. The van der Waals surface area contributed by atoms with Crippen molar-refractivity contribution < 1.29 is 18.0 Å². The lowest BCUT2D eigenvalue weighted by molar-refractivity contribution is -0.140. The average Bonchev–Trinajstić information content (AvgIpc) is 2.34. The van der Waals surface area contributed by atoms with Gasteiger partial charge in [0.05, 0.1) is 11.6 Å². The molecule has 0 fully saturated rings. The minimum atomic E-state index is -4.43. The number of rotatable bonds is 3. The Hall–Kier alpha value is -2.03. The second kappa shape index (κ2) is 5.54. The van der Waals surface area contributed by atoms with E-state index in [-0.39, 0.29) is 17.7 Å². The first-order valence-electron chi connectivity index (χ1n) is 5.23. The van der Waals surface area contributed by atoms with Gasteiger partial charge in [-0.2, -0.15) is 18.4 Å². The molecule has 0 aromatic heterocycles. The second-order valence-corrected chi connectivity index (χ2v) is 3.63. The van der Waals surface area contributed by atoms with Crippen molar-refractivity contribution in [2.75, 3.05) is 13.1 Å². The Bertz CT molecular complexity index is 477. The third-order valence-corrected chi connectivity index (χ3v) is 2.28. The summed E-state index contributed by atoms with van der Waals surface area (Å²) in [5.41, 5.74) is 0.323. The molecule has 0 unspecified atom stereocenters. The molecule has 0 saturated carbocycles. The van der Waals surface area contributed by atoms with Gasteiger partial charge >= 0.3 is 6.18 Å². The standard InChI is InChI=1S/C12H11F3N2O/c1-2-17(8-12(13,14)15)11(18)10-5-3-4-9(6-10)7-16/h3-6H,2,8H2,1H3. The van der Waals surface area contributed by atoms with Crippen LogP contribution in [0.25, 0.3) is 0 Å². The average molecular weight is 256 g/mol. The van der Waals surface area contributed by atoms with Crippen LogP contribution in [-0.4, -0.2) is 30.1 Å². The highest BCUT2D eigenvalue weighted by Gasteiger charge is 2.32. The van der Waals surface area contributed by atoms with Crippen LogP contribution in [0.5, 0.6) is 0 Å². The fraction of sp³-hybridized carbons (Fsp3) is 0.333. The normalized spacial score (nSPS) is 10.8. The van der Waals surface area contributed by atoms with E-state index in [9.17, 15) is 18.0 Å². The molecule has 1 rings (SSSR count). The van der Waals surface area contributed by atoms with Crippen LogP contribution in [0.2, 0.25) is 0 Å². The number of carbonyl (C=O) groups is 1. The molecule has 0 bridgehead atoms. The van der Waals surface area contributed by atoms with Crippen molar-refractivity contribution in [3.63, 3.8) is 0 Å². The summed E-state index contributed by atoms with van der Waals surface area (Å²) in [5, 5.41) is 8.67. The maximum atomic E-state index is 12.3. The van der Waals surface area contributed by atoms with Crippen LogP contribution >= 0.6 is 0 Å². The van der Waals surface area contributed by atoms with Crippen LogP contribution in [0, 0.1) is 11.3 Å². The quantitative estimate of drug-likeness (QED) is 0.834. The summed E-state index contributed by atoms with van der Waals surface area (Å²) in [6.45, 7) is 0.131. The number of nitriles is 1. The minimum absolute atomic E-state index is 0.0465. The van der Waals surface area contributed by atoms with Crippen molar-refractivity contribution in [3.05, 3.63) is 35.4 Å². The molecule has 96 valence electrons. The van der Waals surface area contributed by atoms with E-state index in [0.29, 0.717) is 4.90 Å². The Morgan fingerprint density at radius 1 is 1.44 bits per heavy atom. The van der Waals surface area contributed by atoms with E-state index >= 15 is 0 Å². The molecule has 0 aliphatic rings. The van der Waals surface area contributed by atoms with Crippen molar-refractivity contribution in [3.8, 4) is 6.07 Å².